The molecule has 6 heteroatoms. The highest BCUT2D eigenvalue weighted by molar-refractivity contribution is 7.17. The maximum atomic E-state index is 12.8. The minimum atomic E-state index is -0.0318. The van der Waals surface area contributed by atoms with Gasteiger partial charge in [-0.3, -0.25) is 9.78 Å². The summed E-state index contributed by atoms with van der Waals surface area (Å²) >= 11 is 1.41. The molecule has 2 aromatic rings. The average Bonchev–Trinajstić information content (AvgIpc) is 2.87. The molecule has 0 bridgehead atoms. The van der Waals surface area contributed by atoms with Crippen molar-refractivity contribution in [3.05, 3.63) is 35.0 Å². The van der Waals surface area contributed by atoms with E-state index in [4.69, 9.17) is 0 Å². The Bertz CT molecular complexity index is 751. The summed E-state index contributed by atoms with van der Waals surface area (Å²) in [6, 6.07) is 5.87. The Kier molecular flexibility index (Phi) is 4.68. The molecule has 5 nitrogen and oxygen atoms in total. The Morgan fingerprint density at radius 1 is 1.24 bits per heavy atom. The van der Waals surface area contributed by atoms with Gasteiger partial charge >= 0.3 is 0 Å². The highest BCUT2D eigenvalue weighted by atomic mass is 32.1. The van der Waals surface area contributed by atoms with Crippen LogP contribution in [0.3, 0.4) is 0 Å². The first kappa shape index (κ1) is 18.0. The second-order valence-electron chi connectivity index (χ2n) is 8.12. The quantitative estimate of drug-likeness (QED) is 0.880. The number of piperidine rings is 1. The molecule has 1 aliphatic rings. The average molecular weight is 359 g/mol. The molecule has 0 unspecified atom stereocenters. The summed E-state index contributed by atoms with van der Waals surface area (Å²) in [7, 11) is 0. The van der Waals surface area contributed by atoms with E-state index in [1.165, 1.54) is 11.3 Å². The van der Waals surface area contributed by atoms with Gasteiger partial charge in [-0.25, -0.2) is 4.98 Å². The van der Waals surface area contributed by atoms with E-state index in [2.05, 4.69) is 48.3 Å². The van der Waals surface area contributed by atoms with Crippen molar-refractivity contribution in [3.63, 3.8) is 0 Å². The van der Waals surface area contributed by atoms with Gasteiger partial charge in [0, 0.05) is 23.3 Å². The second-order valence-corrected chi connectivity index (χ2v) is 9.12. The molecule has 134 valence electrons. The molecule has 1 saturated heterocycles. The van der Waals surface area contributed by atoms with Crippen LogP contribution in [-0.2, 0) is 0 Å². The summed E-state index contributed by atoms with van der Waals surface area (Å²) < 4.78 is 0. The number of rotatable bonds is 3. The lowest BCUT2D eigenvalue weighted by Crippen LogP contribution is -2.62. The molecule has 1 fully saturated rings. The van der Waals surface area contributed by atoms with Crippen LogP contribution in [0.15, 0.2) is 24.4 Å². The number of hydrogen-bond acceptors (Lipinski definition) is 5. The van der Waals surface area contributed by atoms with Crippen LogP contribution >= 0.6 is 11.3 Å². The van der Waals surface area contributed by atoms with Crippen molar-refractivity contribution in [1.29, 1.82) is 0 Å². The molecule has 3 heterocycles. The van der Waals surface area contributed by atoms with Gasteiger partial charge in [0.05, 0.1) is 11.4 Å². The van der Waals surface area contributed by atoms with Crippen LogP contribution in [-0.4, -0.2) is 33.0 Å². The first-order valence-corrected chi connectivity index (χ1v) is 9.46. The van der Waals surface area contributed by atoms with E-state index in [1.807, 2.05) is 25.1 Å². The summed E-state index contributed by atoms with van der Waals surface area (Å²) in [5.41, 5.74) is 1.57. The fraction of sp³-hybridized carbons (Fsp3) is 0.526. The lowest BCUT2D eigenvalue weighted by Gasteiger charge is -2.46. The number of amides is 1. The summed E-state index contributed by atoms with van der Waals surface area (Å²) in [6.07, 6.45) is 3.56. The number of pyridine rings is 1. The van der Waals surface area contributed by atoms with Crippen LogP contribution in [0.5, 0.6) is 0 Å². The third-order valence-electron chi connectivity index (χ3n) is 4.41. The number of hydrogen-bond donors (Lipinski definition) is 2. The Hall–Kier alpha value is -1.79. The molecule has 0 radical (unpaired) electrons. The van der Waals surface area contributed by atoms with Gasteiger partial charge in [0.2, 0.25) is 0 Å². The van der Waals surface area contributed by atoms with E-state index in [9.17, 15) is 4.79 Å². The van der Waals surface area contributed by atoms with Crippen molar-refractivity contribution >= 4 is 17.2 Å². The number of carbonyl (C=O) groups is 1. The number of nitrogens with zero attached hydrogens (tertiary/aromatic N) is 2. The standard InChI is InChI=1S/C19H26N4OS/c1-12-15(25-17(21-12)14-8-6-7-9-20-14)16(24)22-13-10-18(2,3)23-19(4,5)11-13/h6-9,13,23H,10-11H2,1-5H3,(H,22,24). The molecule has 0 aromatic carbocycles. The summed E-state index contributed by atoms with van der Waals surface area (Å²) in [6.45, 7) is 10.6. The van der Waals surface area contributed by atoms with Crippen LogP contribution in [0.2, 0.25) is 0 Å². The Balaban J connectivity index is 1.77. The summed E-state index contributed by atoms with van der Waals surface area (Å²) in [5.74, 6) is -0.0318. The maximum absolute atomic E-state index is 12.8. The predicted molar refractivity (Wildman–Crippen MR) is 102 cm³/mol. The van der Waals surface area contributed by atoms with Gasteiger partial charge in [0.1, 0.15) is 9.88 Å². The number of nitrogens with one attached hydrogen (secondary N) is 2. The van der Waals surface area contributed by atoms with E-state index in [1.54, 1.807) is 6.20 Å². The van der Waals surface area contributed by atoms with E-state index in [0.717, 1.165) is 29.2 Å². The van der Waals surface area contributed by atoms with E-state index < -0.39 is 0 Å². The summed E-state index contributed by atoms with van der Waals surface area (Å²) in [4.78, 5) is 22.4. The van der Waals surface area contributed by atoms with Crippen molar-refractivity contribution in [3.8, 4) is 10.7 Å². The monoisotopic (exact) mass is 358 g/mol. The lowest BCUT2D eigenvalue weighted by molar-refractivity contribution is 0.0876. The van der Waals surface area contributed by atoms with Gasteiger partial charge in [-0.05, 0) is 59.6 Å². The van der Waals surface area contributed by atoms with Crippen LogP contribution < -0.4 is 10.6 Å². The molecule has 0 spiro atoms. The van der Waals surface area contributed by atoms with E-state index in [0.29, 0.717) is 4.88 Å². The van der Waals surface area contributed by atoms with Crippen molar-refractivity contribution in [2.24, 2.45) is 0 Å². The van der Waals surface area contributed by atoms with Crippen molar-refractivity contribution in [2.45, 2.75) is 64.6 Å². The van der Waals surface area contributed by atoms with Gasteiger partial charge in [-0.2, -0.15) is 0 Å². The molecule has 0 saturated carbocycles. The molecule has 0 aliphatic carbocycles. The van der Waals surface area contributed by atoms with Crippen LogP contribution in [0.4, 0.5) is 0 Å². The fourth-order valence-corrected chi connectivity index (χ4v) is 4.83. The fourth-order valence-electron chi connectivity index (χ4n) is 3.88. The lowest BCUT2D eigenvalue weighted by atomic mass is 9.79. The molecule has 2 N–H and O–H groups in total. The zero-order chi connectivity index (χ0) is 18.2. The van der Waals surface area contributed by atoms with E-state index >= 15 is 0 Å². The Morgan fingerprint density at radius 3 is 2.52 bits per heavy atom. The SMILES string of the molecule is Cc1nc(-c2ccccn2)sc1C(=O)NC1CC(C)(C)NC(C)(C)C1. The molecule has 2 aromatic heterocycles. The maximum Gasteiger partial charge on any atom is 0.263 e. The van der Waals surface area contributed by atoms with Crippen LogP contribution in [0, 0.1) is 6.92 Å². The third kappa shape index (κ3) is 4.25. The molecular weight excluding hydrogens is 332 g/mol. The smallest absolute Gasteiger partial charge is 0.263 e. The van der Waals surface area contributed by atoms with E-state index in [-0.39, 0.29) is 23.0 Å². The van der Waals surface area contributed by atoms with Gasteiger partial charge in [0.25, 0.3) is 5.91 Å². The van der Waals surface area contributed by atoms with Crippen molar-refractivity contribution in [2.75, 3.05) is 0 Å². The van der Waals surface area contributed by atoms with Gasteiger partial charge < -0.3 is 10.6 Å². The molecule has 1 aliphatic heterocycles. The highest BCUT2D eigenvalue weighted by Crippen LogP contribution is 2.30. The molecule has 1 amide bonds. The highest BCUT2D eigenvalue weighted by Gasteiger charge is 2.38. The first-order valence-electron chi connectivity index (χ1n) is 8.64. The molecule has 0 atom stereocenters. The minimum absolute atomic E-state index is 0.00155. The third-order valence-corrected chi connectivity index (χ3v) is 5.59. The van der Waals surface area contributed by atoms with Gasteiger partial charge in [-0.15, -0.1) is 11.3 Å². The zero-order valence-corrected chi connectivity index (χ0v) is 16.3. The normalized spacial score (nSPS) is 19.6. The van der Waals surface area contributed by atoms with Crippen LogP contribution in [0.1, 0.15) is 55.9 Å². The Labute approximate surface area is 153 Å². The Morgan fingerprint density at radius 2 is 1.92 bits per heavy atom. The number of aromatic nitrogens is 2. The number of aryl methyl sites for hydroxylation is 1. The summed E-state index contributed by atoms with van der Waals surface area (Å²) in [5, 5.41) is 7.65. The number of thiazole rings is 1. The molecular formula is C19H26N4OS. The molecule has 25 heavy (non-hydrogen) atoms. The van der Waals surface area contributed by atoms with Gasteiger partial charge in [0.15, 0.2) is 0 Å². The first-order chi connectivity index (χ1) is 11.7. The van der Waals surface area contributed by atoms with Gasteiger partial charge in [-0.1, -0.05) is 6.07 Å². The zero-order valence-electron chi connectivity index (χ0n) is 15.5. The minimum Gasteiger partial charge on any atom is -0.348 e. The predicted octanol–water partition coefficient (Wildman–Crippen LogP) is 3.55. The largest absolute Gasteiger partial charge is 0.348 e. The van der Waals surface area contributed by atoms with Crippen molar-refractivity contribution < 1.29 is 4.79 Å². The topological polar surface area (TPSA) is 66.9 Å². The van der Waals surface area contributed by atoms with Crippen LogP contribution in [0.25, 0.3) is 10.7 Å². The van der Waals surface area contributed by atoms with Crippen molar-refractivity contribution in [1.82, 2.24) is 20.6 Å². The second kappa shape index (κ2) is 6.50. The molecule has 3 rings (SSSR count). The number of carbonyl (C=O) groups excluding carboxylic acids is 1.